The highest BCUT2D eigenvalue weighted by Gasteiger charge is 2.64. The van der Waals surface area contributed by atoms with Crippen molar-refractivity contribution in [2.75, 3.05) is 0 Å². The summed E-state index contributed by atoms with van der Waals surface area (Å²) in [4.78, 5) is 20.5. The van der Waals surface area contributed by atoms with E-state index in [1.165, 1.54) is 13.0 Å². The van der Waals surface area contributed by atoms with Crippen molar-refractivity contribution < 1.29 is 53.5 Å². The zero-order valence-electron chi connectivity index (χ0n) is 19.4. The van der Waals surface area contributed by atoms with Crippen molar-refractivity contribution in [3.63, 3.8) is 0 Å². The maximum atomic E-state index is 14.7. The van der Waals surface area contributed by atoms with Gasteiger partial charge in [-0.3, -0.25) is 4.79 Å². The first-order chi connectivity index (χ1) is 18.3. The van der Waals surface area contributed by atoms with Gasteiger partial charge >= 0.3 is 18.5 Å². The van der Waals surface area contributed by atoms with Gasteiger partial charge in [0, 0.05) is 10.9 Å². The molecule has 0 unspecified atom stereocenters. The molecule has 0 saturated carbocycles. The number of aryl methyl sites for hydroxylation is 1. The van der Waals surface area contributed by atoms with Crippen molar-refractivity contribution in [3.8, 4) is 0 Å². The molecule has 2 aromatic heterocycles. The summed E-state index contributed by atoms with van der Waals surface area (Å²) >= 11 is 6.78. The quantitative estimate of drug-likeness (QED) is 0.289. The third kappa shape index (κ3) is 5.63. The molecular weight excluding hydrogens is 628 g/mol. The van der Waals surface area contributed by atoms with Crippen molar-refractivity contribution in [3.05, 3.63) is 71.6 Å². The van der Waals surface area contributed by atoms with Crippen LogP contribution in [0, 0.1) is 12.7 Å². The molecule has 3 heterocycles. The normalized spacial score (nSPS) is 18.1. The van der Waals surface area contributed by atoms with E-state index in [9.17, 15) is 48.7 Å². The van der Waals surface area contributed by atoms with Gasteiger partial charge in [0.15, 0.2) is 5.69 Å². The van der Waals surface area contributed by atoms with Crippen LogP contribution in [-0.2, 0) is 29.3 Å². The van der Waals surface area contributed by atoms with E-state index in [1.54, 1.807) is 0 Å². The van der Waals surface area contributed by atoms with Gasteiger partial charge in [-0.05, 0) is 30.7 Å². The Kier molecular flexibility index (Phi) is 7.64. The van der Waals surface area contributed by atoms with Gasteiger partial charge in [-0.15, -0.1) is 22.7 Å². The number of halogens is 11. The number of thiophene rings is 1. The largest absolute Gasteiger partial charge is 0.435 e. The first kappa shape index (κ1) is 30.0. The second-order valence-electron chi connectivity index (χ2n) is 8.38. The molecule has 216 valence electrons. The molecule has 4 rings (SSSR count). The molecule has 1 aliphatic heterocycles. The second kappa shape index (κ2) is 10.2. The van der Waals surface area contributed by atoms with Crippen LogP contribution in [0.15, 0.2) is 28.7 Å². The highest BCUT2D eigenvalue weighted by atomic mass is 35.5. The van der Waals surface area contributed by atoms with Crippen LogP contribution in [0.5, 0.6) is 0 Å². The van der Waals surface area contributed by atoms with Crippen LogP contribution >= 0.6 is 34.3 Å². The molecule has 1 aliphatic rings. The highest BCUT2D eigenvalue weighted by molar-refractivity contribution is 7.16. The minimum absolute atomic E-state index is 0.0388. The number of alkyl halides is 9. The van der Waals surface area contributed by atoms with E-state index in [0.29, 0.717) is 22.7 Å². The third-order valence-corrected chi connectivity index (χ3v) is 8.04. The van der Waals surface area contributed by atoms with Crippen LogP contribution in [0.3, 0.4) is 0 Å². The summed E-state index contributed by atoms with van der Waals surface area (Å²) < 4.78 is 135. The van der Waals surface area contributed by atoms with Gasteiger partial charge in [0.2, 0.25) is 0 Å². The number of thiazole rings is 1. The molecule has 0 spiro atoms. The van der Waals surface area contributed by atoms with Gasteiger partial charge in [0.05, 0.1) is 33.3 Å². The first-order valence-electron chi connectivity index (χ1n) is 10.6. The Morgan fingerprint density at radius 3 is 2.35 bits per heavy atom. The molecule has 0 saturated heterocycles. The van der Waals surface area contributed by atoms with Gasteiger partial charge in [-0.1, -0.05) is 16.8 Å². The van der Waals surface area contributed by atoms with Gasteiger partial charge in [0.25, 0.3) is 11.5 Å². The molecule has 0 radical (unpaired) electrons. The maximum absolute atomic E-state index is 14.7. The molecule has 1 aromatic carbocycles. The van der Waals surface area contributed by atoms with Crippen molar-refractivity contribution in [1.82, 2.24) is 10.3 Å². The van der Waals surface area contributed by atoms with Crippen LogP contribution in [-0.4, -0.2) is 22.8 Å². The average molecular weight is 640 g/mol. The monoisotopic (exact) mass is 639 g/mol. The number of hydrogen-bond acceptors (Lipinski definition) is 6. The summed E-state index contributed by atoms with van der Waals surface area (Å²) in [6.07, 6.45) is -16.5. The predicted molar refractivity (Wildman–Crippen MR) is 124 cm³/mol. The van der Waals surface area contributed by atoms with E-state index in [1.807, 2.05) is 0 Å². The number of rotatable bonds is 5. The standard InChI is InChI=1S/C22H12ClF10N3O2S2/c1-8-2-13(40-17(8)18(37)34-6-15-35-14(7-39-15)21(28,29)30)12-5-19(38-36-12,22(31,32)33)10-3-9(20(25,26)27)4-11(23)16(10)24/h2-4,7H,5-6H2,1H3,(H,34,37)/t19-/m1/s1. The number of nitrogens with zero attached hydrogens (tertiary/aromatic N) is 2. The zero-order valence-corrected chi connectivity index (χ0v) is 21.8. The van der Waals surface area contributed by atoms with E-state index in [4.69, 9.17) is 11.6 Å². The summed E-state index contributed by atoms with van der Waals surface area (Å²) in [5.41, 5.74) is -8.14. The van der Waals surface area contributed by atoms with Crippen LogP contribution in [0.4, 0.5) is 43.9 Å². The topological polar surface area (TPSA) is 63.6 Å². The lowest BCUT2D eigenvalue weighted by atomic mass is 9.86. The maximum Gasteiger partial charge on any atom is 0.435 e. The third-order valence-electron chi connectivity index (χ3n) is 5.63. The molecule has 0 fully saturated rings. The lowest BCUT2D eigenvalue weighted by Crippen LogP contribution is -2.43. The summed E-state index contributed by atoms with van der Waals surface area (Å²) in [7, 11) is 0. The molecule has 3 aromatic rings. The summed E-state index contributed by atoms with van der Waals surface area (Å²) in [6.45, 7) is 1.04. The number of amides is 1. The fraction of sp³-hybridized carbons (Fsp3) is 0.318. The van der Waals surface area contributed by atoms with Crippen LogP contribution in [0.2, 0.25) is 5.02 Å². The molecule has 0 bridgehead atoms. The van der Waals surface area contributed by atoms with E-state index in [-0.39, 0.29) is 39.0 Å². The number of oxime groups is 1. The Bertz CT molecular complexity index is 1490. The predicted octanol–water partition coefficient (Wildman–Crippen LogP) is 7.86. The fourth-order valence-corrected chi connectivity index (χ4v) is 5.70. The Labute approximate surface area is 230 Å². The molecule has 18 heteroatoms. The van der Waals surface area contributed by atoms with Gasteiger partial charge in [-0.2, -0.15) is 39.5 Å². The summed E-state index contributed by atoms with van der Waals surface area (Å²) in [5.74, 6) is -2.56. The number of aromatic nitrogens is 1. The molecule has 1 amide bonds. The lowest BCUT2D eigenvalue weighted by Gasteiger charge is -2.30. The number of carbonyl (C=O) groups excluding carboxylic acids is 1. The number of hydrogen-bond donors (Lipinski definition) is 1. The zero-order chi connectivity index (χ0) is 29.8. The smallest absolute Gasteiger partial charge is 0.374 e. The second-order valence-corrected chi connectivity index (χ2v) is 10.8. The highest BCUT2D eigenvalue weighted by Crippen LogP contribution is 2.51. The Morgan fingerprint density at radius 2 is 1.77 bits per heavy atom. The fourth-order valence-electron chi connectivity index (χ4n) is 3.67. The summed E-state index contributed by atoms with van der Waals surface area (Å²) in [5, 5.41) is 5.22. The molecule has 1 N–H and O–H groups in total. The van der Waals surface area contributed by atoms with E-state index in [2.05, 4.69) is 20.3 Å². The van der Waals surface area contributed by atoms with E-state index < -0.39 is 69.8 Å². The number of nitrogens with one attached hydrogen (secondary N) is 1. The number of benzene rings is 1. The Morgan fingerprint density at radius 1 is 1.10 bits per heavy atom. The minimum atomic E-state index is -5.46. The van der Waals surface area contributed by atoms with Crippen molar-refractivity contribution in [2.45, 2.75) is 44.0 Å². The molecule has 40 heavy (non-hydrogen) atoms. The molecule has 5 nitrogen and oxygen atoms in total. The van der Waals surface area contributed by atoms with Crippen molar-refractivity contribution in [2.24, 2.45) is 5.16 Å². The molecular formula is C22H12ClF10N3O2S2. The SMILES string of the molecule is Cc1cc(C2=NO[C@](c3cc(C(F)(F)F)cc(Cl)c3F)(C(F)(F)F)C2)sc1C(=O)NCc1nc(C(F)(F)F)cs1. The Hall–Kier alpha value is -2.92. The van der Waals surface area contributed by atoms with E-state index >= 15 is 0 Å². The average Bonchev–Trinajstić information content (AvgIpc) is 3.56. The summed E-state index contributed by atoms with van der Waals surface area (Å²) in [6, 6.07) is 1.35. The van der Waals surface area contributed by atoms with Crippen molar-refractivity contribution in [1.29, 1.82) is 0 Å². The van der Waals surface area contributed by atoms with Gasteiger partial charge in [0.1, 0.15) is 16.5 Å². The van der Waals surface area contributed by atoms with Crippen LogP contribution in [0.25, 0.3) is 0 Å². The molecule has 1 atom stereocenters. The van der Waals surface area contributed by atoms with Crippen molar-refractivity contribution >= 4 is 45.9 Å². The minimum Gasteiger partial charge on any atom is -0.374 e. The van der Waals surface area contributed by atoms with Gasteiger partial charge in [-0.25, -0.2) is 9.37 Å². The van der Waals surface area contributed by atoms with Crippen LogP contribution in [0.1, 0.15) is 48.4 Å². The Balaban J connectivity index is 1.59. The lowest BCUT2D eigenvalue weighted by molar-refractivity contribution is -0.276. The first-order valence-corrected chi connectivity index (χ1v) is 12.7. The van der Waals surface area contributed by atoms with Gasteiger partial charge < -0.3 is 10.2 Å². The number of carbonyl (C=O) groups is 1. The van der Waals surface area contributed by atoms with Crippen LogP contribution < -0.4 is 5.32 Å². The van der Waals surface area contributed by atoms with E-state index in [0.717, 1.165) is 5.38 Å². The molecule has 0 aliphatic carbocycles.